The van der Waals surface area contributed by atoms with Crippen LogP contribution in [0.15, 0.2) is 52.3 Å². The zero-order chi connectivity index (χ0) is 21.8. The number of benzene rings is 2. The second-order valence-corrected chi connectivity index (χ2v) is 10.7. The van der Waals surface area contributed by atoms with E-state index in [1.165, 1.54) is 32.3 Å². The van der Waals surface area contributed by atoms with Crippen LogP contribution in [0.25, 0.3) is 0 Å². The lowest BCUT2D eigenvalue weighted by Crippen LogP contribution is -2.23. The summed E-state index contributed by atoms with van der Waals surface area (Å²) in [6.45, 7) is 6.17. The number of hydrogen-bond acceptors (Lipinski definition) is 5. The first kappa shape index (κ1) is 23.2. The molecule has 0 fully saturated rings. The minimum absolute atomic E-state index is 0.100. The minimum atomic E-state index is -3.87. The first-order valence-corrected chi connectivity index (χ1v) is 12.3. The van der Waals surface area contributed by atoms with Gasteiger partial charge in [0.2, 0.25) is 10.0 Å². The van der Waals surface area contributed by atoms with Crippen LogP contribution in [0.3, 0.4) is 0 Å². The molecule has 0 radical (unpaired) electrons. The molecule has 29 heavy (non-hydrogen) atoms. The normalized spacial score (nSPS) is 13.3. The smallest absolute Gasteiger partial charge is 0.261 e. The summed E-state index contributed by atoms with van der Waals surface area (Å²) in [5, 5.41) is 0. The molecule has 0 aromatic heterocycles. The SMILES string of the molecule is CCOc1ccc(NS(=O)(=O)c2ccc(C(C)CC)cc2)cc1S(=O)(=O)N(C)C. The minimum Gasteiger partial charge on any atom is -0.492 e. The Hall–Kier alpha value is -2.10. The van der Waals surface area contributed by atoms with Crippen LogP contribution in [-0.4, -0.2) is 41.8 Å². The molecule has 2 aromatic carbocycles. The zero-order valence-corrected chi connectivity index (χ0v) is 19.0. The third-order valence-corrected chi connectivity index (χ3v) is 7.86. The van der Waals surface area contributed by atoms with E-state index >= 15 is 0 Å². The lowest BCUT2D eigenvalue weighted by molar-refractivity contribution is 0.330. The van der Waals surface area contributed by atoms with Crippen molar-refractivity contribution in [3.8, 4) is 5.75 Å². The molecular weight excluding hydrogens is 412 g/mol. The number of rotatable bonds is 9. The highest BCUT2D eigenvalue weighted by atomic mass is 32.2. The van der Waals surface area contributed by atoms with Crippen molar-refractivity contribution in [2.24, 2.45) is 0 Å². The Balaban J connectivity index is 2.40. The molecule has 0 bridgehead atoms. The van der Waals surface area contributed by atoms with Crippen LogP contribution in [-0.2, 0) is 20.0 Å². The van der Waals surface area contributed by atoms with Crippen LogP contribution in [0.4, 0.5) is 5.69 Å². The third kappa shape index (κ3) is 5.29. The summed E-state index contributed by atoms with van der Waals surface area (Å²) in [6, 6.07) is 10.9. The molecule has 0 amide bonds. The summed E-state index contributed by atoms with van der Waals surface area (Å²) < 4.78 is 59.6. The van der Waals surface area contributed by atoms with Crippen molar-refractivity contribution in [1.82, 2.24) is 4.31 Å². The molecule has 0 aliphatic carbocycles. The fourth-order valence-electron chi connectivity index (χ4n) is 2.67. The van der Waals surface area contributed by atoms with Crippen LogP contribution in [0, 0.1) is 0 Å². The molecule has 0 saturated carbocycles. The lowest BCUT2D eigenvalue weighted by Gasteiger charge is -2.17. The number of ether oxygens (including phenoxy) is 1. The number of sulfonamides is 2. The van der Waals surface area contributed by atoms with Crippen molar-refractivity contribution < 1.29 is 21.6 Å². The standard InChI is InChI=1S/C20H28N2O5S2/c1-6-15(3)16-8-11-18(12-9-16)28(23,24)21-17-10-13-19(27-7-2)20(14-17)29(25,26)22(4)5/h8-15,21H,6-7H2,1-5H3. The van der Waals surface area contributed by atoms with Crippen molar-refractivity contribution >= 4 is 25.7 Å². The monoisotopic (exact) mass is 440 g/mol. The molecule has 9 heteroatoms. The highest BCUT2D eigenvalue weighted by molar-refractivity contribution is 7.92. The van der Waals surface area contributed by atoms with Gasteiger partial charge in [-0.3, -0.25) is 4.72 Å². The molecule has 160 valence electrons. The van der Waals surface area contributed by atoms with Crippen LogP contribution in [0.5, 0.6) is 5.75 Å². The summed E-state index contributed by atoms with van der Waals surface area (Å²) in [4.78, 5) is 0.00660. The summed E-state index contributed by atoms with van der Waals surface area (Å²) in [5.74, 6) is 0.506. The first-order valence-electron chi connectivity index (χ1n) is 9.35. The Labute approximate surface area is 173 Å². The molecule has 1 unspecified atom stereocenters. The third-order valence-electron chi connectivity index (χ3n) is 4.63. The van der Waals surface area contributed by atoms with E-state index in [-0.39, 0.29) is 27.8 Å². The van der Waals surface area contributed by atoms with Crippen molar-refractivity contribution in [3.63, 3.8) is 0 Å². The fourth-order valence-corrected chi connectivity index (χ4v) is 4.77. The van der Waals surface area contributed by atoms with E-state index in [0.717, 1.165) is 16.3 Å². The van der Waals surface area contributed by atoms with E-state index in [0.29, 0.717) is 5.92 Å². The van der Waals surface area contributed by atoms with E-state index in [2.05, 4.69) is 18.6 Å². The van der Waals surface area contributed by atoms with Crippen LogP contribution in [0.2, 0.25) is 0 Å². The van der Waals surface area contributed by atoms with Crippen LogP contribution in [0.1, 0.15) is 38.7 Å². The van der Waals surface area contributed by atoms with E-state index in [9.17, 15) is 16.8 Å². The summed E-state index contributed by atoms with van der Waals surface area (Å²) >= 11 is 0. The average molecular weight is 441 g/mol. The summed E-state index contributed by atoms with van der Waals surface area (Å²) in [5.41, 5.74) is 1.20. The van der Waals surface area contributed by atoms with Gasteiger partial charge >= 0.3 is 0 Å². The number of nitrogens with one attached hydrogen (secondary N) is 1. The highest BCUT2D eigenvalue weighted by Crippen LogP contribution is 2.30. The Morgan fingerprint density at radius 2 is 1.62 bits per heavy atom. The molecule has 1 atom stereocenters. The fraction of sp³-hybridized carbons (Fsp3) is 0.400. The molecule has 0 heterocycles. The van der Waals surface area contributed by atoms with Crippen molar-refractivity contribution in [1.29, 1.82) is 0 Å². The Morgan fingerprint density at radius 3 is 2.14 bits per heavy atom. The topological polar surface area (TPSA) is 92.8 Å². The van der Waals surface area contributed by atoms with Crippen molar-refractivity contribution in [2.75, 3.05) is 25.4 Å². The van der Waals surface area contributed by atoms with Crippen molar-refractivity contribution in [2.45, 2.75) is 42.9 Å². The van der Waals surface area contributed by atoms with Crippen LogP contribution < -0.4 is 9.46 Å². The van der Waals surface area contributed by atoms with Gasteiger partial charge in [-0.2, -0.15) is 0 Å². The number of hydrogen-bond donors (Lipinski definition) is 1. The Kier molecular flexibility index (Phi) is 7.31. The van der Waals surface area contributed by atoms with Gasteiger partial charge in [0.1, 0.15) is 10.6 Å². The molecule has 1 N–H and O–H groups in total. The molecule has 7 nitrogen and oxygen atoms in total. The van der Waals surface area contributed by atoms with Crippen LogP contribution >= 0.6 is 0 Å². The predicted octanol–water partition coefficient (Wildman–Crippen LogP) is 3.65. The van der Waals surface area contributed by atoms with E-state index in [1.807, 2.05) is 0 Å². The van der Waals surface area contributed by atoms with E-state index in [4.69, 9.17) is 4.74 Å². The summed E-state index contributed by atoms with van der Waals surface area (Å²) in [6.07, 6.45) is 0.958. The maximum absolute atomic E-state index is 12.8. The molecule has 2 rings (SSSR count). The lowest BCUT2D eigenvalue weighted by atomic mass is 9.99. The quantitative estimate of drug-likeness (QED) is 0.642. The predicted molar refractivity (Wildman–Crippen MR) is 114 cm³/mol. The van der Waals surface area contributed by atoms with Gasteiger partial charge in [0, 0.05) is 14.1 Å². The van der Waals surface area contributed by atoms with Gasteiger partial charge in [0.05, 0.1) is 17.2 Å². The van der Waals surface area contributed by atoms with E-state index < -0.39 is 20.0 Å². The first-order chi connectivity index (χ1) is 13.5. The maximum atomic E-state index is 12.8. The van der Waals surface area contributed by atoms with E-state index in [1.54, 1.807) is 31.2 Å². The summed E-state index contributed by atoms with van der Waals surface area (Å²) in [7, 11) is -4.88. The largest absolute Gasteiger partial charge is 0.492 e. The molecule has 2 aromatic rings. The second-order valence-electron chi connectivity index (χ2n) is 6.87. The molecule has 0 spiro atoms. The van der Waals surface area contributed by atoms with Gasteiger partial charge in [-0.15, -0.1) is 0 Å². The highest BCUT2D eigenvalue weighted by Gasteiger charge is 2.24. The second kappa shape index (κ2) is 9.15. The molecular formula is C20H28N2O5S2. The maximum Gasteiger partial charge on any atom is 0.261 e. The number of anilines is 1. The van der Waals surface area contributed by atoms with Gasteiger partial charge in [0.25, 0.3) is 10.0 Å². The van der Waals surface area contributed by atoms with Gasteiger partial charge in [-0.05, 0) is 55.2 Å². The van der Waals surface area contributed by atoms with Gasteiger partial charge < -0.3 is 4.74 Å². The molecule has 0 aliphatic heterocycles. The average Bonchev–Trinajstić information content (AvgIpc) is 2.68. The van der Waals surface area contributed by atoms with Gasteiger partial charge in [-0.1, -0.05) is 26.0 Å². The van der Waals surface area contributed by atoms with Gasteiger partial charge in [-0.25, -0.2) is 21.1 Å². The Bertz CT molecular complexity index is 1050. The molecule has 0 saturated heterocycles. The number of nitrogens with zero attached hydrogens (tertiary/aromatic N) is 1. The Morgan fingerprint density at radius 1 is 1.00 bits per heavy atom. The molecule has 0 aliphatic rings. The van der Waals surface area contributed by atoms with Crippen molar-refractivity contribution in [3.05, 3.63) is 48.0 Å². The van der Waals surface area contributed by atoms with Gasteiger partial charge in [0.15, 0.2) is 0 Å². The zero-order valence-electron chi connectivity index (χ0n) is 17.3.